The van der Waals surface area contributed by atoms with E-state index >= 15 is 0 Å². The Morgan fingerprint density at radius 2 is 0.978 bits per heavy atom. The number of aromatic nitrogens is 4. The zero-order chi connectivity index (χ0) is 29.7. The lowest BCUT2D eigenvalue weighted by molar-refractivity contribution is 0.766. The molecule has 0 amide bonds. The third kappa shape index (κ3) is 4.27. The SMILES string of the molecule is c1cc(-c2ccncc2)cc(-n2nc3ccc(-c4c5ccccc5c(-c5ccc6ccccc6c5)c5ccccc45)cc3n2)c1. The third-order valence-corrected chi connectivity index (χ3v) is 8.73. The largest absolute Gasteiger partial charge is 0.265 e. The van der Waals surface area contributed by atoms with Crippen molar-refractivity contribution in [2.24, 2.45) is 0 Å². The molecule has 0 saturated heterocycles. The standard InChI is InChI=1S/C41H26N4/c1-2-9-29-24-31(17-16-27(29)8-1)40-34-12-3-5-14-36(34)41(37-15-6-4-13-35(37)40)32-18-19-38-39(26-32)44-45(43-38)33-11-7-10-30(25-33)28-20-22-42-23-21-28/h1-26H. The van der Waals surface area contributed by atoms with E-state index in [2.05, 4.69) is 126 Å². The molecule has 2 aromatic heterocycles. The average molecular weight is 575 g/mol. The molecule has 9 aromatic rings. The number of hydrogen-bond acceptors (Lipinski definition) is 3. The molecule has 0 bridgehead atoms. The molecule has 0 unspecified atom stereocenters. The van der Waals surface area contributed by atoms with Gasteiger partial charge in [-0.3, -0.25) is 4.98 Å². The molecule has 0 aliphatic rings. The summed E-state index contributed by atoms with van der Waals surface area (Å²) in [6.07, 6.45) is 3.62. The summed E-state index contributed by atoms with van der Waals surface area (Å²) < 4.78 is 0. The minimum atomic E-state index is 0.855. The summed E-state index contributed by atoms with van der Waals surface area (Å²) >= 11 is 0. The van der Waals surface area contributed by atoms with Crippen LogP contribution in [0.4, 0.5) is 0 Å². The van der Waals surface area contributed by atoms with Crippen LogP contribution < -0.4 is 0 Å². The molecule has 9 rings (SSSR count). The maximum atomic E-state index is 4.95. The Kier molecular flexibility index (Phi) is 5.78. The molecular formula is C41H26N4. The molecular weight excluding hydrogens is 548 g/mol. The molecule has 210 valence electrons. The van der Waals surface area contributed by atoms with E-state index in [1.807, 2.05) is 36.7 Å². The number of pyridine rings is 1. The van der Waals surface area contributed by atoms with Crippen LogP contribution in [0.3, 0.4) is 0 Å². The van der Waals surface area contributed by atoms with Crippen molar-refractivity contribution in [3.8, 4) is 39.1 Å². The van der Waals surface area contributed by atoms with E-state index in [-0.39, 0.29) is 0 Å². The topological polar surface area (TPSA) is 43.6 Å². The molecule has 4 nitrogen and oxygen atoms in total. The fraction of sp³-hybridized carbons (Fsp3) is 0. The van der Waals surface area contributed by atoms with Crippen LogP contribution in [0, 0.1) is 0 Å². The normalized spacial score (nSPS) is 11.6. The van der Waals surface area contributed by atoms with E-state index in [4.69, 9.17) is 10.2 Å². The van der Waals surface area contributed by atoms with Gasteiger partial charge >= 0.3 is 0 Å². The molecule has 0 aliphatic heterocycles. The van der Waals surface area contributed by atoms with Gasteiger partial charge < -0.3 is 0 Å². The highest BCUT2D eigenvalue weighted by molar-refractivity contribution is 6.22. The first-order valence-corrected chi connectivity index (χ1v) is 15.1. The number of hydrogen-bond donors (Lipinski definition) is 0. The third-order valence-electron chi connectivity index (χ3n) is 8.73. The second kappa shape index (κ2) is 10.2. The first-order chi connectivity index (χ1) is 22.3. The van der Waals surface area contributed by atoms with Gasteiger partial charge in [-0.15, -0.1) is 10.2 Å². The van der Waals surface area contributed by atoms with E-state index in [1.54, 1.807) is 4.80 Å². The van der Waals surface area contributed by atoms with Gasteiger partial charge in [0.2, 0.25) is 0 Å². The van der Waals surface area contributed by atoms with Crippen LogP contribution in [-0.2, 0) is 0 Å². The van der Waals surface area contributed by atoms with Gasteiger partial charge in [-0.05, 0) is 108 Å². The van der Waals surface area contributed by atoms with Crippen molar-refractivity contribution in [3.05, 3.63) is 158 Å². The van der Waals surface area contributed by atoms with E-state index in [0.717, 1.165) is 33.4 Å². The van der Waals surface area contributed by atoms with E-state index in [9.17, 15) is 0 Å². The van der Waals surface area contributed by atoms with Crippen LogP contribution in [0.5, 0.6) is 0 Å². The predicted octanol–water partition coefficient (Wildman–Crippen LogP) is 10.3. The van der Waals surface area contributed by atoms with Crippen LogP contribution in [0.2, 0.25) is 0 Å². The number of benzene rings is 7. The fourth-order valence-electron chi connectivity index (χ4n) is 6.64. The molecule has 0 saturated carbocycles. The van der Waals surface area contributed by atoms with Gasteiger partial charge in [0.15, 0.2) is 0 Å². The smallest absolute Gasteiger partial charge is 0.114 e. The molecule has 0 spiro atoms. The molecule has 0 N–H and O–H groups in total. The molecule has 0 radical (unpaired) electrons. The van der Waals surface area contributed by atoms with E-state index in [1.165, 1.54) is 49.0 Å². The molecule has 2 heterocycles. The number of fused-ring (bicyclic) bond motifs is 4. The van der Waals surface area contributed by atoms with Crippen molar-refractivity contribution >= 4 is 43.4 Å². The summed E-state index contributed by atoms with van der Waals surface area (Å²) in [7, 11) is 0. The fourth-order valence-corrected chi connectivity index (χ4v) is 6.64. The van der Waals surface area contributed by atoms with Crippen molar-refractivity contribution in [3.63, 3.8) is 0 Å². The molecule has 4 heteroatoms. The second-order valence-electron chi connectivity index (χ2n) is 11.4. The Balaban J connectivity index is 1.22. The quantitative estimate of drug-likeness (QED) is 0.196. The van der Waals surface area contributed by atoms with Crippen molar-refractivity contribution in [2.75, 3.05) is 0 Å². The zero-order valence-electron chi connectivity index (χ0n) is 24.3. The average Bonchev–Trinajstić information content (AvgIpc) is 3.54. The summed E-state index contributed by atoms with van der Waals surface area (Å²) in [5, 5.41) is 17.2. The highest BCUT2D eigenvalue weighted by Crippen LogP contribution is 2.44. The van der Waals surface area contributed by atoms with Gasteiger partial charge in [0, 0.05) is 12.4 Å². The summed E-state index contributed by atoms with van der Waals surface area (Å²) in [6.45, 7) is 0. The van der Waals surface area contributed by atoms with Crippen LogP contribution in [0.15, 0.2) is 158 Å². The van der Waals surface area contributed by atoms with Crippen LogP contribution in [0.1, 0.15) is 0 Å². The minimum Gasteiger partial charge on any atom is -0.265 e. The number of nitrogens with zero attached hydrogens (tertiary/aromatic N) is 4. The maximum absolute atomic E-state index is 4.95. The van der Waals surface area contributed by atoms with Gasteiger partial charge in [-0.25, -0.2) is 0 Å². The highest BCUT2D eigenvalue weighted by Gasteiger charge is 2.18. The van der Waals surface area contributed by atoms with Crippen molar-refractivity contribution in [1.82, 2.24) is 20.0 Å². The van der Waals surface area contributed by atoms with E-state index in [0.29, 0.717) is 0 Å². The van der Waals surface area contributed by atoms with E-state index < -0.39 is 0 Å². The summed E-state index contributed by atoms with van der Waals surface area (Å²) in [5.41, 5.74) is 9.65. The molecule has 0 aliphatic carbocycles. The number of rotatable bonds is 4. The van der Waals surface area contributed by atoms with Gasteiger partial charge in [0.05, 0.1) is 5.69 Å². The zero-order valence-corrected chi connectivity index (χ0v) is 24.3. The Morgan fingerprint density at radius 3 is 1.69 bits per heavy atom. The Bertz CT molecular complexity index is 2490. The van der Waals surface area contributed by atoms with Gasteiger partial charge in [-0.1, -0.05) is 103 Å². The molecule has 45 heavy (non-hydrogen) atoms. The second-order valence-corrected chi connectivity index (χ2v) is 11.4. The van der Waals surface area contributed by atoms with Gasteiger partial charge in [0.25, 0.3) is 0 Å². The molecule has 7 aromatic carbocycles. The van der Waals surface area contributed by atoms with Crippen LogP contribution in [0.25, 0.3) is 82.4 Å². The maximum Gasteiger partial charge on any atom is 0.114 e. The molecule has 0 atom stereocenters. The monoisotopic (exact) mass is 574 g/mol. The summed E-state index contributed by atoms with van der Waals surface area (Å²) in [6, 6.07) is 51.6. The van der Waals surface area contributed by atoms with Crippen molar-refractivity contribution in [2.45, 2.75) is 0 Å². The van der Waals surface area contributed by atoms with Gasteiger partial charge in [-0.2, -0.15) is 4.80 Å². The van der Waals surface area contributed by atoms with Crippen molar-refractivity contribution in [1.29, 1.82) is 0 Å². The molecule has 0 fully saturated rings. The lowest BCUT2D eigenvalue weighted by Crippen LogP contribution is -1.98. The lowest BCUT2D eigenvalue weighted by atomic mass is 9.85. The van der Waals surface area contributed by atoms with Crippen molar-refractivity contribution < 1.29 is 0 Å². The van der Waals surface area contributed by atoms with Gasteiger partial charge in [0.1, 0.15) is 11.0 Å². The Labute approximate surface area is 259 Å². The summed E-state index contributed by atoms with van der Waals surface area (Å²) in [5.74, 6) is 0. The first kappa shape index (κ1) is 25.4. The first-order valence-electron chi connectivity index (χ1n) is 15.1. The minimum absolute atomic E-state index is 0.855. The highest BCUT2D eigenvalue weighted by atomic mass is 15.5. The Hall–Kier alpha value is -6.13. The lowest BCUT2D eigenvalue weighted by Gasteiger charge is -2.18. The van der Waals surface area contributed by atoms with Crippen LogP contribution >= 0.6 is 0 Å². The summed E-state index contributed by atoms with van der Waals surface area (Å²) in [4.78, 5) is 5.89. The predicted molar refractivity (Wildman–Crippen MR) is 185 cm³/mol. The Morgan fingerprint density at radius 1 is 0.378 bits per heavy atom. The van der Waals surface area contributed by atoms with Crippen LogP contribution in [-0.4, -0.2) is 20.0 Å².